The minimum Gasteiger partial charge on any atom is -0.464 e. The molecule has 2 aliphatic rings. The molecule has 0 aliphatic carbocycles. The lowest BCUT2D eigenvalue weighted by Crippen LogP contribution is -2.37. The second kappa shape index (κ2) is 9.95. The maximum atomic E-state index is 14.9. The van der Waals surface area contributed by atoms with E-state index in [9.17, 15) is 31.5 Å². The van der Waals surface area contributed by atoms with E-state index < -0.39 is 44.3 Å². The van der Waals surface area contributed by atoms with Crippen molar-refractivity contribution in [2.75, 3.05) is 9.62 Å². The van der Waals surface area contributed by atoms with E-state index in [1.165, 1.54) is 11.4 Å². The smallest absolute Gasteiger partial charge is 0.427 e. The van der Waals surface area contributed by atoms with Gasteiger partial charge in [-0.25, -0.2) is 26.4 Å². The zero-order chi connectivity index (χ0) is 26.3. The summed E-state index contributed by atoms with van der Waals surface area (Å²) in [5.74, 6) is -3.95. The number of rotatable bonds is 8. The Morgan fingerprint density at radius 3 is 2.30 bits per heavy atom. The average molecular weight is 553 g/mol. The Bertz CT molecular complexity index is 1390. The SMILES string of the molecule is O=C(O)N(c1ccsn1)S(=O)(=O)c1c(F)cc(NCc2c(F)cccc2CN2C3CCC2CC3)cc1F. The fourth-order valence-corrected chi connectivity index (χ4v) is 7.14. The number of benzene rings is 2. The highest BCUT2D eigenvalue weighted by Gasteiger charge is 2.39. The van der Waals surface area contributed by atoms with Crippen molar-refractivity contribution in [1.82, 2.24) is 9.27 Å². The van der Waals surface area contributed by atoms with Crippen molar-refractivity contribution in [3.63, 3.8) is 0 Å². The third-order valence-electron chi connectivity index (χ3n) is 6.94. The summed E-state index contributed by atoms with van der Waals surface area (Å²) in [5.41, 5.74) is 0.999. The Labute approximate surface area is 215 Å². The molecule has 0 spiro atoms. The van der Waals surface area contributed by atoms with Gasteiger partial charge in [-0.2, -0.15) is 4.37 Å². The highest BCUT2D eigenvalue weighted by molar-refractivity contribution is 7.93. The van der Waals surface area contributed by atoms with Crippen LogP contribution in [0.2, 0.25) is 0 Å². The van der Waals surface area contributed by atoms with Gasteiger partial charge in [0, 0.05) is 41.8 Å². The lowest BCUT2D eigenvalue weighted by atomic mass is 10.0. The number of nitrogens with one attached hydrogen (secondary N) is 1. The quantitative estimate of drug-likeness (QED) is 0.397. The molecule has 0 atom stereocenters. The van der Waals surface area contributed by atoms with Gasteiger partial charge in [-0.15, -0.1) is 4.31 Å². The predicted molar refractivity (Wildman–Crippen MR) is 131 cm³/mol. The van der Waals surface area contributed by atoms with Gasteiger partial charge >= 0.3 is 6.09 Å². The van der Waals surface area contributed by atoms with Gasteiger partial charge in [0.1, 0.15) is 17.5 Å². The van der Waals surface area contributed by atoms with Crippen LogP contribution in [0.25, 0.3) is 0 Å². The molecule has 0 radical (unpaired) electrons. The van der Waals surface area contributed by atoms with Crippen LogP contribution in [0.1, 0.15) is 36.8 Å². The minimum atomic E-state index is -5.17. The molecule has 2 N–H and O–H groups in total. The van der Waals surface area contributed by atoms with Crippen molar-refractivity contribution in [1.29, 1.82) is 0 Å². The first-order valence-electron chi connectivity index (χ1n) is 11.6. The third-order valence-corrected chi connectivity index (χ3v) is 9.23. The number of sulfonamides is 1. The molecule has 3 heterocycles. The molecule has 2 bridgehead atoms. The average Bonchev–Trinajstić information content (AvgIpc) is 3.56. The summed E-state index contributed by atoms with van der Waals surface area (Å²) in [6.45, 7) is 0.488. The molecular formula is C24H23F3N4O4S2. The first-order valence-corrected chi connectivity index (χ1v) is 13.9. The molecule has 2 aromatic carbocycles. The Kier molecular flexibility index (Phi) is 6.86. The molecule has 1 aromatic heterocycles. The van der Waals surface area contributed by atoms with E-state index in [2.05, 4.69) is 14.6 Å². The summed E-state index contributed by atoms with van der Waals surface area (Å²) in [4.78, 5) is 12.6. The molecule has 2 aliphatic heterocycles. The molecule has 0 unspecified atom stereocenters. The number of fused-ring (bicyclic) bond motifs is 2. The van der Waals surface area contributed by atoms with Crippen LogP contribution < -0.4 is 9.62 Å². The molecular weight excluding hydrogens is 529 g/mol. The van der Waals surface area contributed by atoms with E-state index in [-0.39, 0.29) is 16.5 Å². The number of hydrogen-bond donors (Lipinski definition) is 2. The maximum Gasteiger partial charge on any atom is 0.427 e. The minimum absolute atomic E-state index is 0.0871. The Morgan fingerprint density at radius 1 is 1.08 bits per heavy atom. The number of carbonyl (C=O) groups is 1. The molecule has 3 aromatic rings. The van der Waals surface area contributed by atoms with E-state index in [4.69, 9.17) is 0 Å². The fraction of sp³-hybridized carbons (Fsp3) is 0.333. The van der Waals surface area contributed by atoms with Gasteiger partial charge in [-0.1, -0.05) is 12.1 Å². The highest BCUT2D eigenvalue weighted by Crippen LogP contribution is 2.39. The Hall–Kier alpha value is -3.16. The highest BCUT2D eigenvalue weighted by atomic mass is 32.2. The van der Waals surface area contributed by atoms with Crippen LogP contribution >= 0.6 is 11.5 Å². The summed E-state index contributed by atoms with van der Waals surface area (Å²) >= 11 is 0.777. The van der Waals surface area contributed by atoms with E-state index in [0.717, 1.165) is 61.0 Å². The van der Waals surface area contributed by atoms with Gasteiger partial charge in [0.25, 0.3) is 10.0 Å². The van der Waals surface area contributed by atoms with Crippen molar-refractivity contribution >= 4 is 39.2 Å². The molecule has 2 saturated heterocycles. The zero-order valence-electron chi connectivity index (χ0n) is 19.4. The van der Waals surface area contributed by atoms with Gasteiger partial charge in [0.15, 0.2) is 10.7 Å². The van der Waals surface area contributed by atoms with Crippen LogP contribution in [0.5, 0.6) is 0 Å². The maximum absolute atomic E-state index is 14.9. The molecule has 13 heteroatoms. The molecule has 8 nitrogen and oxygen atoms in total. The van der Waals surface area contributed by atoms with Crippen LogP contribution in [-0.4, -0.2) is 41.0 Å². The summed E-state index contributed by atoms with van der Waals surface area (Å²) < 4.78 is 73.9. The predicted octanol–water partition coefficient (Wildman–Crippen LogP) is 5.17. The van der Waals surface area contributed by atoms with Gasteiger partial charge in [-0.3, -0.25) is 4.90 Å². The lowest BCUT2D eigenvalue weighted by molar-refractivity contribution is 0.206. The largest absolute Gasteiger partial charge is 0.464 e. The van der Waals surface area contributed by atoms with Crippen LogP contribution in [0.15, 0.2) is 46.7 Å². The van der Waals surface area contributed by atoms with Crippen LogP contribution in [0, 0.1) is 17.5 Å². The number of aromatic nitrogens is 1. The molecule has 1 amide bonds. The first-order chi connectivity index (χ1) is 17.7. The first kappa shape index (κ1) is 25.5. The van der Waals surface area contributed by atoms with E-state index in [1.54, 1.807) is 6.07 Å². The topological polar surface area (TPSA) is 103 Å². The molecule has 0 saturated carbocycles. The molecule has 5 rings (SSSR count). The number of anilines is 2. The van der Waals surface area contributed by atoms with Gasteiger partial charge in [-0.05, 0) is 67.0 Å². The van der Waals surface area contributed by atoms with Gasteiger partial charge in [0.2, 0.25) is 0 Å². The van der Waals surface area contributed by atoms with Crippen molar-refractivity contribution in [3.8, 4) is 0 Å². The summed E-state index contributed by atoms with van der Waals surface area (Å²) in [6.07, 6.45) is 2.55. The molecule has 196 valence electrons. The number of nitrogens with zero attached hydrogens (tertiary/aromatic N) is 3. The zero-order valence-corrected chi connectivity index (χ0v) is 21.0. The Balaban J connectivity index is 1.38. The molecule has 37 heavy (non-hydrogen) atoms. The van der Waals surface area contributed by atoms with Crippen molar-refractivity contribution in [2.45, 2.75) is 55.8 Å². The van der Waals surface area contributed by atoms with Crippen LogP contribution in [0.3, 0.4) is 0 Å². The number of amides is 1. The van der Waals surface area contributed by atoms with Gasteiger partial charge in [0.05, 0.1) is 0 Å². The van der Waals surface area contributed by atoms with E-state index >= 15 is 0 Å². The second-order valence-corrected chi connectivity index (χ2v) is 11.4. The number of halogens is 3. The van der Waals surface area contributed by atoms with E-state index in [1.807, 2.05) is 6.07 Å². The van der Waals surface area contributed by atoms with Crippen LogP contribution in [-0.2, 0) is 23.1 Å². The normalized spacial score (nSPS) is 19.3. The van der Waals surface area contributed by atoms with Crippen molar-refractivity contribution in [2.24, 2.45) is 0 Å². The summed E-state index contributed by atoms with van der Waals surface area (Å²) in [5, 5.41) is 13.5. The monoisotopic (exact) mass is 552 g/mol. The third kappa shape index (κ3) is 4.78. The standard InChI is InChI=1S/C24H23F3N4O4S2/c25-19-3-1-2-14(13-30-16-4-5-17(30)7-6-16)18(19)12-28-15-10-20(26)23(21(27)11-15)37(34,35)31(24(32)33)22-8-9-36-29-22/h1-3,8-11,16-17,28H,4-7,12-13H2,(H,32,33). The lowest BCUT2D eigenvalue weighted by Gasteiger charge is -2.23. The Morgan fingerprint density at radius 2 is 1.73 bits per heavy atom. The van der Waals surface area contributed by atoms with Crippen LogP contribution in [0.4, 0.5) is 29.5 Å². The van der Waals surface area contributed by atoms with Crippen molar-refractivity contribution < 1.29 is 31.5 Å². The number of carboxylic acid groups (broad SMARTS) is 1. The van der Waals surface area contributed by atoms with Crippen molar-refractivity contribution in [3.05, 3.63) is 70.4 Å². The van der Waals surface area contributed by atoms with Gasteiger partial charge < -0.3 is 10.4 Å². The fourth-order valence-electron chi connectivity index (χ4n) is 5.25. The summed E-state index contributed by atoms with van der Waals surface area (Å²) in [6, 6.07) is 8.31. The number of hydrogen-bond acceptors (Lipinski definition) is 7. The van der Waals surface area contributed by atoms with E-state index in [0.29, 0.717) is 24.2 Å². The second-order valence-electron chi connectivity index (χ2n) is 9.04. The molecule has 2 fully saturated rings. The summed E-state index contributed by atoms with van der Waals surface area (Å²) in [7, 11) is -5.17.